The fraction of sp³-hybridized carbons (Fsp3) is 0.308. The third-order valence-electron chi connectivity index (χ3n) is 2.73. The molecule has 0 saturated heterocycles. The van der Waals surface area contributed by atoms with E-state index in [1.807, 2.05) is 29.0 Å². The second-order valence-electron chi connectivity index (χ2n) is 3.80. The van der Waals surface area contributed by atoms with E-state index in [1.165, 1.54) is 0 Å². The molecule has 2 aromatic rings. The average Bonchev–Trinajstić information content (AvgIpc) is 2.86. The molecule has 0 radical (unpaired) electrons. The van der Waals surface area contributed by atoms with Gasteiger partial charge in [-0.25, -0.2) is 4.98 Å². The first kappa shape index (κ1) is 12.4. The lowest BCUT2D eigenvalue weighted by atomic mass is 10.1. The van der Waals surface area contributed by atoms with E-state index in [2.05, 4.69) is 4.98 Å². The van der Waals surface area contributed by atoms with Crippen molar-refractivity contribution in [3.63, 3.8) is 0 Å². The molecule has 0 amide bonds. The summed E-state index contributed by atoms with van der Waals surface area (Å²) in [6.45, 7) is 1.28. The van der Waals surface area contributed by atoms with Crippen LogP contribution in [0.5, 0.6) is 11.5 Å². The van der Waals surface area contributed by atoms with Gasteiger partial charge in [-0.2, -0.15) is 0 Å². The number of hydrogen-bond acceptors (Lipinski definition) is 4. The van der Waals surface area contributed by atoms with E-state index in [0.29, 0.717) is 6.54 Å². The Balaban J connectivity index is 2.50. The molecule has 18 heavy (non-hydrogen) atoms. The van der Waals surface area contributed by atoms with Crippen molar-refractivity contribution in [2.24, 2.45) is 5.73 Å². The van der Waals surface area contributed by atoms with Crippen LogP contribution in [0.4, 0.5) is 0 Å². The molecule has 0 unspecified atom stereocenters. The first-order chi connectivity index (χ1) is 8.80. The van der Waals surface area contributed by atoms with E-state index in [4.69, 9.17) is 15.2 Å². The molecular weight excluding hydrogens is 230 g/mol. The number of nitrogens with two attached hydrogens (primary N) is 1. The van der Waals surface area contributed by atoms with Gasteiger partial charge in [0.1, 0.15) is 17.3 Å². The average molecular weight is 247 g/mol. The van der Waals surface area contributed by atoms with Crippen LogP contribution in [0.3, 0.4) is 0 Å². The standard InChI is InChI=1S/C13H17N3O2/c1-17-10-3-4-12(18-2)11(9-10)13-15-6-8-16(13)7-5-14/h3-4,6,8-9H,5,7,14H2,1-2H3. The maximum atomic E-state index is 5.59. The summed E-state index contributed by atoms with van der Waals surface area (Å²) in [6.07, 6.45) is 3.66. The first-order valence-electron chi connectivity index (χ1n) is 5.73. The van der Waals surface area contributed by atoms with E-state index >= 15 is 0 Å². The lowest BCUT2D eigenvalue weighted by Crippen LogP contribution is -2.10. The van der Waals surface area contributed by atoms with Gasteiger partial charge in [0.05, 0.1) is 19.8 Å². The number of nitrogens with zero attached hydrogens (tertiary/aromatic N) is 2. The summed E-state index contributed by atoms with van der Waals surface area (Å²) >= 11 is 0. The molecular formula is C13H17N3O2. The molecule has 5 heteroatoms. The lowest BCUT2D eigenvalue weighted by molar-refractivity contribution is 0.404. The van der Waals surface area contributed by atoms with E-state index < -0.39 is 0 Å². The highest BCUT2D eigenvalue weighted by molar-refractivity contribution is 5.66. The number of aromatic nitrogens is 2. The predicted molar refractivity (Wildman–Crippen MR) is 69.8 cm³/mol. The van der Waals surface area contributed by atoms with Crippen molar-refractivity contribution >= 4 is 0 Å². The van der Waals surface area contributed by atoms with Crippen molar-refractivity contribution in [3.8, 4) is 22.9 Å². The van der Waals surface area contributed by atoms with E-state index in [-0.39, 0.29) is 0 Å². The Hall–Kier alpha value is -2.01. The number of hydrogen-bond donors (Lipinski definition) is 1. The quantitative estimate of drug-likeness (QED) is 0.870. The highest BCUT2D eigenvalue weighted by Gasteiger charge is 2.12. The molecule has 0 aliphatic rings. The van der Waals surface area contributed by atoms with Gasteiger partial charge >= 0.3 is 0 Å². The van der Waals surface area contributed by atoms with Crippen molar-refractivity contribution in [1.29, 1.82) is 0 Å². The second kappa shape index (κ2) is 5.55. The normalized spacial score (nSPS) is 10.4. The zero-order valence-corrected chi connectivity index (χ0v) is 10.6. The molecule has 0 spiro atoms. The zero-order valence-electron chi connectivity index (χ0n) is 10.6. The Labute approximate surface area is 106 Å². The molecule has 1 aromatic carbocycles. The molecule has 2 rings (SSSR count). The van der Waals surface area contributed by atoms with Crippen molar-refractivity contribution in [2.45, 2.75) is 6.54 Å². The van der Waals surface area contributed by atoms with Gasteiger partial charge in [-0.1, -0.05) is 0 Å². The van der Waals surface area contributed by atoms with Crippen LogP contribution in [0.25, 0.3) is 11.4 Å². The summed E-state index contributed by atoms with van der Waals surface area (Å²) in [4.78, 5) is 4.36. The van der Waals surface area contributed by atoms with Crippen LogP contribution in [0, 0.1) is 0 Å². The van der Waals surface area contributed by atoms with Gasteiger partial charge in [0, 0.05) is 25.5 Å². The van der Waals surface area contributed by atoms with E-state index in [9.17, 15) is 0 Å². The van der Waals surface area contributed by atoms with Crippen molar-refractivity contribution in [3.05, 3.63) is 30.6 Å². The van der Waals surface area contributed by atoms with Crippen molar-refractivity contribution in [2.75, 3.05) is 20.8 Å². The van der Waals surface area contributed by atoms with Gasteiger partial charge in [-0.05, 0) is 18.2 Å². The summed E-state index contributed by atoms with van der Waals surface area (Å²) in [5.41, 5.74) is 6.49. The molecule has 5 nitrogen and oxygen atoms in total. The minimum Gasteiger partial charge on any atom is -0.497 e. The number of rotatable bonds is 5. The fourth-order valence-electron chi connectivity index (χ4n) is 1.86. The topological polar surface area (TPSA) is 62.3 Å². The number of benzene rings is 1. The summed E-state index contributed by atoms with van der Waals surface area (Å²) in [7, 11) is 3.28. The maximum absolute atomic E-state index is 5.59. The van der Waals surface area contributed by atoms with Crippen LogP contribution in [-0.4, -0.2) is 30.3 Å². The molecule has 1 heterocycles. The van der Waals surface area contributed by atoms with E-state index in [1.54, 1.807) is 20.4 Å². The van der Waals surface area contributed by atoms with Crippen molar-refractivity contribution in [1.82, 2.24) is 9.55 Å². The molecule has 96 valence electrons. The van der Waals surface area contributed by atoms with Crippen LogP contribution in [0.2, 0.25) is 0 Å². The molecule has 1 aromatic heterocycles. The Kier molecular flexibility index (Phi) is 3.84. The van der Waals surface area contributed by atoms with Gasteiger partial charge in [-0.15, -0.1) is 0 Å². The van der Waals surface area contributed by atoms with Crippen LogP contribution in [-0.2, 0) is 6.54 Å². The highest BCUT2D eigenvalue weighted by atomic mass is 16.5. The largest absolute Gasteiger partial charge is 0.497 e. The monoisotopic (exact) mass is 247 g/mol. The van der Waals surface area contributed by atoms with E-state index in [0.717, 1.165) is 29.4 Å². The number of imidazole rings is 1. The molecule has 0 bridgehead atoms. The molecule has 0 atom stereocenters. The number of methoxy groups -OCH3 is 2. The summed E-state index contributed by atoms with van der Waals surface area (Å²) < 4.78 is 12.6. The molecule has 2 N–H and O–H groups in total. The molecule has 0 saturated carbocycles. The zero-order chi connectivity index (χ0) is 13.0. The van der Waals surface area contributed by atoms with Crippen LogP contribution < -0.4 is 15.2 Å². The summed E-state index contributed by atoms with van der Waals surface area (Å²) in [5.74, 6) is 2.37. The SMILES string of the molecule is COc1ccc(OC)c(-c2nccn2CCN)c1. The molecule has 0 fully saturated rings. The van der Waals surface area contributed by atoms with Gasteiger partial charge in [0.25, 0.3) is 0 Å². The van der Waals surface area contributed by atoms with Gasteiger partial charge in [0.2, 0.25) is 0 Å². The third kappa shape index (κ3) is 2.31. The maximum Gasteiger partial charge on any atom is 0.143 e. The van der Waals surface area contributed by atoms with Crippen LogP contribution >= 0.6 is 0 Å². The lowest BCUT2D eigenvalue weighted by Gasteiger charge is -2.11. The third-order valence-corrected chi connectivity index (χ3v) is 2.73. The minimum atomic E-state index is 0.565. The summed E-state index contributed by atoms with van der Waals surface area (Å²) in [5, 5.41) is 0. The van der Waals surface area contributed by atoms with Gasteiger partial charge < -0.3 is 19.8 Å². The molecule has 0 aliphatic heterocycles. The predicted octanol–water partition coefficient (Wildman–Crippen LogP) is 1.53. The minimum absolute atomic E-state index is 0.565. The smallest absolute Gasteiger partial charge is 0.143 e. The van der Waals surface area contributed by atoms with Gasteiger partial charge in [0.15, 0.2) is 0 Å². The Morgan fingerprint density at radius 1 is 1.28 bits per heavy atom. The Morgan fingerprint density at radius 2 is 2.11 bits per heavy atom. The first-order valence-corrected chi connectivity index (χ1v) is 5.73. The summed E-state index contributed by atoms with van der Waals surface area (Å²) in [6, 6.07) is 5.64. The van der Waals surface area contributed by atoms with Crippen LogP contribution in [0.15, 0.2) is 30.6 Å². The molecule has 0 aliphatic carbocycles. The van der Waals surface area contributed by atoms with Crippen LogP contribution in [0.1, 0.15) is 0 Å². The van der Waals surface area contributed by atoms with Crippen molar-refractivity contribution < 1.29 is 9.47 Å². The number of ether oxygens (including phenoxy) is 2. The Bertz CT molecular complexity index is 523. The van der Waals surface area contributed by atoms with Gasteiger partial charge in [-0.3, -0.25) is 0 Å². The highest BCUT2D eigenvalue weighted by Crippen LogP contribution is 2.32. The second-order valence-corrected chi connectivity index (χ2v) is 3.80. The Morgan fingerprint density at radius 3 is 2.78 bits per heavy atom. The fourth-order valence-corrected chi connectivity index (χ4v) is 1.86.